The van der Waals surface area contributed by atoms with Crippen molar-refractivity contribution in [1.29, 1.82) is 0 Å². The predicted molar refractivity (Wildman–Crippen MR) is 70.9 cm³/mol. The van der Waals surface area contributed by atoms with Crippen LogP contribution in [0.5, 0.6) is 0 Å². The largest absolute Gasteiger partial charge is 0.480 e. The van der Waals surface area contributed by atoms with E-state index in [1.54, 1.807) is 30.3 Å². The van der Waals surface area contributed by atoms with Gasteiger partial charge in [-0.15, -0.1) is 0 Å². The lowest BCUT2D eigenvalue weighted by Crippen LogP contribution is -2.39. The van der Waals surface area contributed by atoms with E-state index in [0.29, 0.717) is 4.90 Å². The molecule has 0 aromatic heterocycles. The second-order valence-electron chi connectivity index (χ2n) is 3.96. The predicted octanol–water partition coefficient (Wildman–Crippen LogP) is 1.16. The zero-order valence-corrected chi connectivity index (χ0v) is 11.4. The van der Waals surface area contributed by atoms with Crippen LogP contribution in [0.4, 0.5) is 0 Å². The third-order valence-corrected chi connectivity index (χ3v) is 5.73. The van der Waals surface area contributed by atoms with Crippen molar-refractivity contribution >= 4 is 25.6 Å². The molecule has 0 amide bonds. The molecule has 0 spiro atoms. The molecule has 18 heavy (non-hydrogen) atoms. The van der Waals surface area contributed by atoms with Gasteiger partial charge in [-0.1, -0.05) is 25.1 Å². The molecule has 0 aliphatic rings. The Kier molecular flexibility index (Phi) is 5.18. The quantitative estimate of drug-likeness (QED) is 0.763. The van der Waals surface area contributed by atoms with Crippen LogP contribution in [0, 0.1) is 5.92 Å². The molecular weight excluding hydrogens is 274 g/mol. The smallest absolute Gasteiger partial charge is 0.320 e. The van der Waals surface area contributed by atoms with Gasteiger partial charge in [-0.05, 0) is 18.1 Å². The van der Waals surface area contributed by atoms with Gasteiger partial charge in [0.05, 0.1) is 5.75 Å². The Hall–Kier alpha value is -1.05. The summed E-state index contributed by atoms with van der Waals surface area (Å²) in [6.45, 7) is 1.52. The fourth-order valence-electron chi connectivity index (χ4n) is 1.33. The number of carboxylic acids is 1. The number of carboxylic acid groups (broad SMARTS) is 1. The summed E-state index contributed by atoms with van der Waals surface area (Å²) in [6.07, 6.45) is 0. The lowest BCUT2D eigenvalue weighted by atomic mass is 10.1. The van der Waals surface area contributed by atoms with E-state index in [0.717, 1.165) is 10.8 Å². The first-order chi connectivity index (χ1) is 8.32. The highest BCUT2D eigenvalue weighted by Gasteiger charge is 2.26. The summed E-state index contributed by atoms with van der Waals surface area (Å²) in [6, 6.07) is 7.47. The Labute approximate surface area is 110 Å². The molecule has 1 aromatic carbocycles. The van der Waals surface area contributed by atoms with Crippen molar-refractivity contribution in [3.63, 3.8) is 0 Å². The van der Waals surface area contributed by atoms with Crippen molar-refractivity contribution < 1.29 is 18.3 Å². The highest BCUT2D eigenvalue weighted by Crippen LogP contribution is 2.26. The average Bonchev–Trinajstić information content (AvgIpc) is 2.27. The minimum Gasteiger partial charge on any atom is -0.480 e. The molecule has 7 heteroatoms. The van der Waals surface area contributed by atoms with Gasteiger partial charge >= 0.3 is 5.97 Å². The van der Waals surface area contributed by atoms with Crippen molar-refractivity contribution in [2.45, 2.75) is 17.9 Å². The molecule has 5 nitrogen and oxygen atoms in total. The van der Waals surface area contributed by atoms with Gasteiger partial charge in [0.1, 0.15) is 6.04 Å². The van der Waals surface area contributed by atoms with E-state index in [2.05, 4.69) is 0 Å². The Morgan fingerprint density at radius 1 is 1.39 bits per heavy atom. The van der Waals surface area contributed by atoms with Gasteiger partial charge in [0.15, 0.2) is 0 Å². The number of benzene rings is 1. The molecule has 0 fully saturated rings. The number of aliphatic carboxylic acids is 1. The third kappa shape index (κ3) is 4.67. The van der Waals surface area contributed by atoms with E-state index in [1.165, 1.54) is 6.92 Å². The molecule has 0 bridgehead atoms. The number of rotatable bonds is 6. The second-order valence-corrected chi connectivity index (χ2v) is 8.07. The monoisotopic (exact) mass is 289 g/mol. The molecule has 100 valence electrons. The summed E-state index contributed by atoms with van der Waals surface area (Å²) in [5, 5.41) is 8.71. The minimum absolute atomic E-state index is 0.264. The summed E-state index contributed by atoms with van der Waals surface area (Å²) in [4.78, 5) is 11.3. The fourth-order valence-corrected chi connectivity index (χ4v) is 4.87. The molecule has 0 aliphatic heterocycles. The number of carbonyl (C=O) groups is 1. The van der Waals surface area contributed by atoms with E-state index in [-0.39, 0.29) is 5.75 Å². The maximum Gasteiger partial charge on any atom is 0.320 e. The number of hydrogen-bond acceptors (Lipinski definition) is 5. The van der Waals surface area contributed by atoms with Crippen LogP contribution in [0.15, 0.2) is 35.2 Å². The topological polar surface area (TPSA) is 97.5 Å². The molecule has 0 heterocycles. The normalized spacial score (nSPS) is 15.0. The van der Waals surface area contributed by atoms with Gasteiger partial charge in [-0.2, -0.15) is 0 Å². The maximum absolute atomic E-state index is 11.9. The van der Waals surface area contributed by atoms with Crippen molar-refractivity contribution in [2.24, 2.45) is 11.7 Å². The van der Waals surface area contributed by atoms with E-state index < -0.39 is 26.8 Å². The van der Waals surface area contributed by atoms with Crippen LogP contribution < -0.4 is 5.73 Å². The molecule has 0 aliphatic carbocycles. The summed E-state index contributed by atoms with van der Waals surface area (Å²) in [7, 11) is -2.71. The second kappa shape index (κ2) is 6.21. The first kappa shape index (κ1) is 15.0. The molecule has 0 saturated carbocycles. The molecule has 2 atom stereocenters. The molecule has 0 radical (unpaired) electrons. The molecule has 1 aromatic rings. The van der Waals surface area contributed by atoms with Crippen LogP contribution in [0.1, 0.15) is 6.92 Å². The molecule has 3 N–H and O–H groups in total. The molecule has 0 saturated heterocycles. The van der Waals surface area contributed by atoms with Crippen LogP contribution in [0.25, 0.3) is 0 Å². The first-order valence-corrected chi connectivity index (χ1v) is 8.26. The van der Waals surface area contributed by atoms with Gasteiger partial charge in [0, 0.05) is 15.7 Å². The number of nitrogens with two attached hydrogens (primary N) is 1. The highest BCUT2D eigenvalue weighted by molar-refractivity contribution is 8.72. The standard InChI is InChI=1S/C11H15NO4S2/c1-8(10(12)11(13)14)7-18(15,16)17-9-5-3-2-4-6-9/h2-6,8,10H,7,12H2,1H3,(H,13,14)/t8?,10-/m1/s1. The van der Waals surface area contributed by atoms with E-state index >= 15 is 0 Å². The van der Waals surface area contributed by atoms with Crippen LogP contribution in [-0.4, -0.2) is 31.3 Å². The van der Waals surface area contributed by atoms with Crippen LogP contribution in [0.2, 0.25) is 0 Å². The zero-order valence-electron chi connectivity index (χ0n) is 9.81. The van der Waals surface area contributed by atoms with E-state index in [1.807, 2.05) is 0 Å². The number of hydrogen-bond donors (Lipinski definition) is 2. The van der Waals surface area contributed by atoms with Gasteiger partial charge in [0.25, 0.3) is 0 Å². The van der Waals surface area contributed by atoms with Crippen molar-refractivity contribution in [1.82, 2.24) is 0 Å². The Bertz CT molecular complexity index is 501. The SMILES string of the molecule is CC(CS(=O)(=O)Sc1ccccc1)[C@@H](N)C(=O)O. The summed E-state index contributed by atoms with van der Waals surface area (Å²) in [5.41, 5.74) is 5.39. The van der Waals surface area contributed by atoms with Gasteiger partial charge < -0.3 is 10.8 Å². The van der Waals surface area contributed by atoms with Gasteiger partial charge in [0.2, 0.25) is 8.87 Å². The Morgan fingerprint density at radius 3 is 2.44 bits per heavy atom. The van der Waals surface area contributed by atoms with E-state index in [9.17, 15) is 13.2 Å². The summed E-state index contributed by atoms with van der Waals surface area (Å²) < 4.78 is 23.7. The Morgan fingerprint density at radius 2 is 1.94 bits per heavy atom. The average molecular weight is 289 g/mol. The summed E-state index contributed by atoms with van der Waals surface area (Å²) in [5.74, 6) is -2.09. The first-order valence-electron chi connectivity index (χ1n) is 5.27. The molecular formula is C11H15NO4S2. The van der Waals surface area contributed by atoms with E-state index in [4.69, 9.17) is 10.8 Å². The molecule has 1 rings (SSSR count). The van der Waals surface area contributed by atoms with Gasteiger partial charge in [-0.25, -0.2) is 8.42 Å². The van der Waals surface area contributed by atoms with Crippen molar-refractivity contribution in [3.05, 3.63) is 30.3 Å². The Balaban J connectivity index is 2.68. The lowest BCUT2D eigenvalue weighted by molar-refractivity contribution is -0.139. The fraction of sp³-hybridized carbons (Fsp3) is 0.364. The van der Waals surface area contributed by atoms with Crippen molar-refractivity contribution in [2.75, 3.05) is 5.75 Å². The van der Waals surface area contributed by atoms with Crippen LogP contribution in [-0.2, 0) is 13.7 Å². The highest BCUT2D eigenvalue weighted by atomic mass is 33.1. The minimum atomic E-state index is -3.44. The summed E-state index contributed by atoms with van der Waals surface area (Å²) >= 11 is 0. The maximum atomic E-state index is 11.9. The van der Waals surface area contributed by atoms with Crippen molar-refractivity contribution in [3.8, 4) is 0 Å². The zero-order chi connectivity index (χ0) is 13.8. The third-order valence-electron chi connectivity index (χ3n) is 2.33. The van der Waals surface area contributed by atoms with Gasteiger partial charge in [-0.3, -0.25) is 4.79 Å². The van der Waals surface area contributed by atoms with Crippen LogP contribution >= 0.6 is 10.8 Å². The van der Waals surface area contributed by atoms with Crippen LogP contribution in [0.3, 0.4) is 0 Å². The lowest BCUT2D eigenvalue weighted by Gasteiger charge is -2.15. The molecule has 1 unspecified atom stereocenters.